The van der Waals surface area contributed by atoms with Crippen molar-refractivity contribution in [2.24, 2.45) is 0 Å². The first-order valence-electron chi connectivity index (χ1n) is 8.71. The number of aryl methyl sites for hydroxylation is 2. The Morgan fingerprint density at radius 2 is 1.79 bits per heavy atom. The molecule has 0 fully saturated rings. The van der Waals surface area contributed by atoms with E-state index in [-0.39, 0.29) is 0 Å². The Kier molecular flexibility index (Phi) is 4.98. The number of benzene rings is 2. The van der Waals surface area contributed by atoms with Gasteiger partial charge in [-0.3, -0.25) is 0 Å². The minimum atomic E-state index is 0.366. The summed E-state index contributed by atoms with van der Waals surface area (Å²) < 4.78 is 11.0. The first kappa shape index (κ1) is 16.7. The van der Waals surface area contributed by atoms with Crippen LogP contribution < -0.4 is 9.47 Å². The van der Waals surface area contributed by atoms with Crippen LogP contribution in [0.1, 0.15) is 47.9 Å². The van der Waals surface area contributed by atoms with Crippen LogP contribution in [0.2, 0.25) is 0 Å². The predicted molar refractivity (Wildman–Crippen MR) is 96.4 cm³/mol. The second-order valence-electron chi connectivity index (χ2n) is 6.55. The predicted octanol–water partition coefficient (Wildman–Crippen LogP) is 4.63. The summed E-state index contributed by atoms with van der Waals surface area (Å²) in [7, 11) is 3.39. The fourth-order valence-electron chi connectivity index (χ4n) is 3.81. The number of ether oxygens (including phenoxy) is 2. The van der Waals surface area contributed by atoms with E-state index in [1.165, 1.54) is 22.3 Å². The van der Waals surface area contributed by atoms with E-state index in [4.69, 9.17) is 9.47 Å². The van der Waals surface area contributed by atoms with E-state index in [1.54, 1.807) is 20.3 Å². The zero-order valence-electron chi connectivity index (χ0n) is 14.8. The van der Waals surface area contributed by atoms with Gasteiger partial charge in [-0.1, -0.05) is 19.4 Å². The smallest absolute Gasteiger partial charge is 0.161 e. The normalized spacial score (nSPS) is 16.5. The lowest BCUT2D eigenvalue weighted by Crippen LogP contribution is -2.14. The van der Waals surface area contributed by atoms with Crippen molar-refractivity contribution in [3.8, 4) is 17.2 Å². The molecule has 3 nitrogen and oxygen atoms in total. The molecule has 128 valence electrons. The molecular weight excluding hydrogens is 300 g/mol. The van der Waals surface area contributed by atoms with Gasteiger partial charge in [0.2, 0.25) is 0 Å². The minimum absolute atomic E-state index is 0.366. The van der Waals surface area contributed by atoms with Crippen LogP contribution in [0.25, 0.3) is 0 Å². The maximum absolute atomic E-state index is 9.68. The van der Waals surface area contributed by atoms with Gasteiger partial charge in [0, 0.05) is 0 Å². The summed E-state index contributed by atoms with van der Waals surface area (Å²) in [4.78, 5) is 0. The van der Waals surface area contributed by atoms with Crippen molar-refractivity contribution in [1.82, 2.24) is 0 Å². The first-order valence-corrected chi connectivity index (χ1v) is 8.71. The van der Waals surface area contributed by atoms with E-state index in [1.807, 2.05) is 6.07 Å². The van der Waals surface area contributed by atoms with Gasteiger partial charge in [0.25, 0.3) is 0 Å². The number of rotatable bonds is 5. The second kappa shape index (κ2) is 7.16. The summed E-state index contributed by atoms with van der Waals surface area (Å²) in [6.45, 7) is 2.21. The van der Waals surface area contributed by atoms with Crippen molar-refractivity contribution in [2.45, 2.75) is 44.9 Å². The Balaban J connectivity index is 1.97. The highest BCUT2D eigenvalue weighted by atomic mass is 16.5. The molecule has 3 rings (SSSR count). The zero-order chi connectivity index (χ0) is 17.1. The standard InChI is InChI=1S/C21H26O3/c1-4-5-16-12-20(23-2)21(24-3)13-19(16)17-7-6-15-11-18(22)9-8-14(15)10-17/h8-9,11-13,17,22H,4-7,10H2,1-3H3. The molecule has 0 saturated carbocycles. The van der Waals surface area contributed by atoms with E-state index in [0.717, 1.165) is 43.6 Å². The van der Waals surface area contributed by atoms with Crippen molar-refractivity contribution >= 4 is 0 Å². The summed E-state index contributed by atoms with van der Waals surface area (Å²) >= 11 is 0. The molecule has 0 bridgehead atoms. The molecule has 0 radical (unpaired) electrons. The number of hydrogen-bond donors (Lipinski definition) is 1. The quantitative estimate of drug-likeness (QED) is 0.870. The zero-order valence-corrected chi connectivity index (χ0v) is 14.8. The van der Waals surface area contributed by atoms with Crippen molar-refractivity contribution in [2.75, 3.05) is 14.2 Å². The van der Waals surface area contributed by atoms with Gasteiger partial charge in [0.1, 0.15) is 5.75 Å². The highest BCUT2D eigenvalue weighted by molar-refractivity contribution is 5.50. The molecule has 1 atom stereocenters. The van der Waals surface area contributed by atoms with Gasteiger partial charge in [-0.15, -0.1) is 0 Å². The van der Waals surface area contributed by atoms with Crippen molar-refractivity contribution in [3.05, 3.63) is 52.6 Å². The van der Waals surface area contributed by atoms with Crippen LogP contribution >= 0.6 is 0 Å². The summed E-state index contributed by atoms with van der Waals surface area (Å²) in [5.41, 5.74) is 5.38. The van der Waals surface area contributed by atoms with Gasteiger partial charge < -0.3 is 14.6 Å². The van der Waals surface area contributed by atoms with Crippen molar-refractivity contribution in [3.63, 3.8) is 0 Å². The van der Waals surface area contributed by atoms with Crippen molar-refractivity contribution < 1.29 is 14.6 Å². The Morgan fingerprint density at radius 1 is 1.04 bits per heavy atom. The Bertz CT molecular complexity index is 721. The average molecular weight is 326 g/mol. The monoisotopic (exact) mass is 326 g/mol. The van der Waals surface area contributed by atoms with Gasteiger partial charge in [0.05, 0.1) is 14.2 Å². The summed E-state index contributed by atoms with van der Waals surface area (Å²) in [6, 6.07) is 10.1. The van der Waals surface area contributed by atoms with Gasteiger partial charge in [-0.2, -0.15) is 0 Å². The number of methoxy groups -OCH3 is 2. The van der Waals surface area contributed by atoms with Crippen LogP contribution in [0, 0.1) is 0 Å². The fourth-order valence-corrected chi connectivity index (χ4v) is 3.81. The molecule has 1 N–H and O–H groups in total. The van der Waals surface area contributed by atoms with Gasteiger partial charge in [-0.25, -0.2) is 0 Å². The van der Waals surface area contributed by atoms with E-state index < -0.39 is 0 Å². The van der Waals surface area contributed by atoms with Gasteiger partial charge >= 0.3 is 0 Å². The topological polar surface area (TPSA) is 38.7 Å². The summed E-state index contributed by atoms with van der Waals surface area (Å²) in [6.07, 6.45) is 5.28. The van der Waals surface area contributed by atoms with Crippen molar-refractivity contribution in [1.29, 1.82) is 0 Å². The summed E-state index contributed by atoms with van der Waals surface area (Å²) in [5.74, 6) is 2.48. The van der Waals surface area contributed by atoms with Crippen LogP contribution in [0.15, 0.2) is 30.3 Å². The van der Waals surface area contributed by atoms with E-state index >= 15 is 0 Å². The maximum atomic E-state index is 9.68. The lowest BCUT2D eigenvalue weighted by molar-refractivity contribution is 0.353. The number of hydrogen-bond acceptors (Lipinski definition) is 3. The molecule has 2 aromatic carbocycles. The lowest BCUT2D eigenvalue weighted by Gasteiger charge is -2.27. The Morgan fingerprint density at radius 3 is 2.50 bits per heavy atom. The van der Waals surface area contributed by atoms with Crippen LogP contribution in [-0.2, 0) is 19.3 Å². The molecule has 0 amide bonds. The first-order chi connectivity index (χ1) is 11.7. The van der Waals surface area contributed by atoms with Crippen LogP contribution in [0.3, 0.4) is 0 Å². The molecule has 3 heteroatoms. The van der Waals surface area contributed by atoms with Gasteiger partial charge in [-0.05, 0) is 78.1 Å². The van der Waals surface area contributed by atoms with Crippen LogP contribution in [0.5, 0.6) is 17.2 Å². The number of aromatic hydroxyl groups is 1. The third kappa shape index (κ3) is 3.21. The molecule has 0 heterocycles. The largest absolute Gasteiger partial charge is 0.508 e. The molecular formula is C21H26O3. The highest BCUT2D eigenvalue weighted by Crippen LogP contribution is 2.40. The fraction of sp³-hybridized carbons (Fsp3) is 0.429. The SMILES string of the molecule is CCCc1cc(OC)c(OC)cc1C1CCc2cc(O)ccc2C1. The Hall–Kier alpha value is -2.16. The molecule has 1 aliphatic rings. The van der Waals surface area contributed by atoms with Crippen LogP contribution in [-0.4, -0.2) is 19.3 Å². The molecule has 1 unspecified atom stereocenters. The molecule has 1 aliphatic carbocycles. The molecule has 0 saturated heterocycles. The summed E-state index contributed by atoms with van der Waals surface area (Å²) in [5, 5.41) is 9.68. The highest BCUT2D eigenvalue weighted by Gasteiger charge is 2.24. The molecule has 2 aromatic rings. The third-order valence-electron chi connectivity index (χ3n) is 5.02. The number of phenols is 1. The molecule has 24 heavy (non-hydrogen) atoms. The number of fused-ring (bicyclic) bond motifs is 1. The maximum Gasteiger partial charge on any atom is 0.161 e. The number of phenolic OH excluding ortho intramolecular Hbond substituents is 1. The third-order valence-corrected chi connectivity index (χ3v) is 5.02. The van der Waals surface area contributed by atoms with E-state index in [9.17, 15) is 5.11 Å². The molecule has 0 spiro atoms. The molecule has 0 aliphatic heterocycles. The average Bonchev–Trinajstić information content (AvgIpc) is 2.61. The minimum Gasteiger partial charge on any atom is -0.508 e. The Labute approximate surface area is 144 Å². The van der Waals surface area contributed by atoms with Crippen LogP contribution in [0.4, 0.5) is 0 Å². The second-order valence-corrected chi connectivity index (χ2v) is 6.55. The molecule has 0 aromatic heterocycles. The van der Waals surface area contributed by atoms with E-state index in [0.29, 0.717) is 11.7 Å². The lowest BCUT2D eigenvalue weighted by atomic mass is 9.78. The van der Waals surface area contributed by atoms with E-state index in [2.05, 4.69) is 25.1 Å². The van der Waals surface area contributed by atoms with Gasteiger partial charge in [0.15, 0.2) is 11.5 Å².